The average molecular weight is 842 g/mol. The Labute approximate surface area is 351 Å². The molecule has 0 amide bonds. The first-order chi connectivity index (χ1) is 28.5. The molecule has 0 atom stereocenters. The smallest absolute Gasteiger partial charge is 0.331 e. The van der Waals surface area contributed by atoms with Crippen LogP contribution in [0.1, 0.15) is 48.0 Å². The molecule has 6 rings (SSSR count). The van der Waals surface area contributed by atoms with E-state index in [4.69, 9.17) is 9.47 Å². The van der Waals surface area contributed by atoms with Gasteiger partial charge in [-0.1, -0.05) is 100 Å². The second-order valence-electron chi connectivity index (χ2n) is 13.6. The Morgan fingerprint density at radius 1 is 0.576 bits per heavy atom. The fraction of sp³-hybridized carbons (Fsp3) is 0.348. The Balaban J connectivity index is 0.000000225. The van der Waals surface area contributed by atoms with Gasteiger partial charge < -0.3 is 33.1 Å². The second-order valence-corrected chi connectivity index (χ2v) is 19.1. The van der Waals surface area contributed by atoms with Crippen LogP contribution in [0.25, 0.3) is 0 Å². The zero-order valence-corrected chi connectivity index (χ0v) is 37.3. The van der Waals surface area contributed by atoms with Gasteiger partial charge in [-0.15, -0.1) is 0 Å². The summed E-state index contributed by atoms with van der Waals surface area (Å²) in [5, 5.41) is 0.905. The van der Waals surface area contributed by atoms with E-state index in [0.29, 0.717) is 43.4 Å². The van der Waals surface area contributed by atoms with E-state index in [1.807, 2.05) is 140 Å². The van der Waals surface area contributed by atoms with Crippen molar-refractivity contribution in [1.29, 1.82) is 0 Å². The number of para-hydroxylation sites is 4. The first-order valence-electron chi connectivity index (χ1n) is 20.4. The maximum Gasteiger partial charge on any atom is 0.331 e. The molecule has 4 aromatic rings. The maximum absolute atomic E-state index is 14.3. The predicted molar refractivity (Wildman–Crippen MR) is 245 cm³/mol. The molecular formula is C46H61N5O6P2. The van der Waals surface area contributed by atoms with Gasteiger partial charge in [0, 0.05) is 65.6 Å². The molecule has 4 aromatic carbocycles. The van der Waals surface area contributed by atoms with Crippen molar-refractivity contribution in [3.05, 3.63) is 145 Å². The highest BCUT2D eigenvalue weighted by atomic mass is 31.2. The fourth-order valence-electron chi connectivity index (χ4n) is 7.04. The fourth-order valence-corrected chi connectivity index (χ4v) is 12.8. The van der Waals surface area contributed by atoms with Gasteiger partial charge in [-0.25, -0.2) is 4.79 Å². The van der Waals surface area contributed by atoms with Crippen LogP contribution in [0.2, 0.25) is 0 Å². The van der Waals surface area contributed by atoms with E-state index in [9.17, 15) is 18.7 Å². The number of carbonyl (C=O) groups excluding carboxylic acids is 2. The standard InChI is InChI=1S/2C20H23N2O3P.C6H15N/c2*1-3-25-20(23)16-17(2)26(24)21(18-10-6-4-7-11-18)14-15-22(26)19-12-8-5-9-13-19;1-4-7(5-2)6-3/h4-13,16H,3,14-15H2,1-2H3;4-13H,2-3,14-16H2,1H3;4-6H2,1-3H3/b17-16+;;. The van der Waals surface area contributed by atoms with Crippen LogP contribution in [0.4, 0.5) is 22.7 Å². The largest absolute Gasteiger partial charge is 0.466 e. The van der Waals surface area contributed by atoms with Gasteiger partial charge in [-0.2, -0.15) is 0 Å². The van der Waals surface area contributed by atoms with Crippen LogP contribution in [0.15, 0.2) is 145 Å². The predicted octanol–water partition coefficient (Wildman–Crippen LogP) is 10.7. The van der Waals surface area contributed by atoms with Gasteiger partial charge in [0.25, 0.3) is 14.9 Å². The number of rotatable bonds is 14. The van der Waals surface area contributed by atoms with Crippen molar-refractivity contribution in [2.24, 2.45) is 0 Å². The van der Waals surface area contributed by atoms with Gasteiger partial charge in [0.15, 0.2) is 0 Å². The number of hydrogen-bond donors (Lipinski definition) is 0. The number of anilines is 4. The van der Waals surface area contributed by atoms with Crippen LogP contribution >= 0.6 is 14.9 Å². The molecule has 11 nitrogen and oxygen atoms in total. The molecule has 0 radical (unpaired) electrons. The van der Waals surface area contributed by atoms with Crippen molar-refractivity contribution in [3.8, 4) is 0 Å². The lowest BCUT2D eigenvalue weighted by molar-refractivity contribution is -0.142. The van der Waals surface area contributed by atoms with E-state index >= 15 is 0 Å². The number of nitrogens with zero attached hydrogens (tertiary/aromatic N) is 5. The summed E-state index contributed by atoms with van der Waals surface area (Å²) < 4.78 is 46.2. The molecule has 316 valence electrons. The van der Waals surface area contributed by atoms with Crippen LogP contribution in [0.3, 0.4) is 0 Å². The van der Waals surface area contributed by atoms with Crippen molar-refractivity contribution in [2.75, 3.05) is 77.7 Å². The summed E-state index contributed by atoms with van der Waals surface area (Å²) in [5.41, 5.74) is 3.48. The van der Waals surface area contributed by atoms with Crippen LogP contribution in [0, 0.1) is 0 Å². The minimum atomic E-state index is -3.23. The lowest BCUT2D eigenvalue weighted by atomic mass is 10.3. The topological polar surface area (TPSA) is 103 Å². The highest BCUT2D eigenvalue weighted by Crippen LogP contribution is 2.66. The zero-order valence-electron chi connectivity index (χ0n) is 35.5. The molecule has 0 N–H and O–H groups in total. The van der Waals surface area contributed by atoms with Gasteiger partial charge >= 0.3 is 11.9 Å². The lowest BCUT2D eigenvalue weighted by Gasteiger charge is -2.33. The molecular weight excluding hydrogens is 780 g/mol. The van der Waals surface area contributed by atoms with Crippen molar-refractivity contribution in [1.82, 2.24) is 4.90 Å². The Bertz CT molecular complexity index is 1940. The number of esters is 2. The summed E-state index contributed by atoms with van der Waals surface area (Å²) in [7, 11) is -6.41. The Morgan fingerprint density at radius 2 is 0.898 bits per heavy atom. The molecule has 2 saturated heterocycles. The first-order valence-corrected chi connectivity index (χ1v) is 23.7. The van der Waals surface area contributed by atoms with Gasteiger partial charge in [0.05, 0.1) is 19.6 Å². The highest BCUT2D eigenvalue weighted by Gasteiger charge is 2.47. The highest BCUT2D eigenvalue weighted by molar-refractivity contribution is 7.72. The van der Waals surface area contributed by atoms with Crippen LogP contribution in [0.5, 0.6) is 0 Å². The minimum absolute atomic E-state index is 0.0578. The van der Waals surface area contributed by atoms with Gasteiger partial charge in [-0.05, 0) is 88.9 Å². The molecule has 0 aliphatic carbocycles. The van der Waals surface area contributed by atoms with Crippen LogP contribution in [-0.2, 0) is 28.2 Å². The Hall–Kier alpha value is -5.08. The second kappa shape index (κ2) is 22.9. The molecule has 0 spiro atoms. The van der Waals surface area contributed by atoms with Gasteiger partial charge in [0.1, 0.15) is 0 Å². The molecule has 0 unspecified atom stereocenters. The van der Waals surface area contributed by atoms with Gasteiger partial charge in [0.2, 0.25) is 0 Å². The molecule has 2 aliphatic heterocycles. The van der Waals surface area contributed by atoms with Crippen molar-refractivity contribution in [2.45, 2.75) is 48.0 Å². The quantitative estimate of drug-likeness (QED) is 0.0689. The summed E-state index contributed by atoms with van der Waals surface area (Å²) in [6.45, 7) is 22.4. The van der Waals surface area contributed by atoms with E-state index in [-0.39, 0.29) is 13.0 Å². The van der Waals surface area contributed by atoms with E-state index in [2.05, 4.69) is 32.3 Å². The maximum atomic E-state index is 14.3. The Morgan fingerprint density at radius 3 is 1.19 bits per heavy atom. The van der Waals surface area contributed by atoms with Crippen molar-refractivity contribution >= 4 is 49.6 Å². The van der Waals surface area contributed by atoms with Crippen LogP contribution in [-0.4, -0.2) is 75.9 Å². The van der Waals surface area contributed by atoms with Crippen molar-refractivity contribution in [3.63, 3.8) is 0 Å². The zero-order chi connectivity index (χ0) is 42.8. The van der Waals surface area contributed by atoms with Crippen molar-refractivity contribution < 1.29 is 28.2 Å². The number of ether oxygens (including phenoxy) is 2. The molecule has 13 heteroatoms. The minimum Gasteiger partial charge on any atom is -0.466 e. The normalized spacial score (nSPS) is 15.5. The van der Waals surface area contributed by atoms with E-state index in [1.54, 1.807) is 20.8 Å². The monoisotopic (exact) mass is 841 g/mol. The number of carbonyl (C=O) groups is 2. The summed E-state index contributed by atoms with van der Waals surface area (Å²) in [6.07, 6.45) is 1.30. The molecule has 0 bridgehead atoms. The van der Waals surface area contributed by atoms with E-state index in [1.165, 1.54) is 25.7 Å². The molecule has 59 heavy (non-hydrogen) atoms. The Kier molecular flexibility index (Phi) is 18.1. The average Bonchev–Trinajstić information content (AvgIpc) is 3.81. The van der Waals surface area contributed by atoms with Crippen LogP contribution < -0.4 is 18.7 Å². The third-order valence-corrected chi connectivity index (χ3v) is 16.4. The number of hydrogen-bond acceptors (Lipinski definition) is 7. The number of benzene rings is 4. The lowest BCUT2D eigenvalue weighted by Crippen LogP contribution is -2.21. The van der Waals surface area contributed by atoms with E-state index in [0.717, 1.165) is 22.7 Å². The molecule has 2 fully saturated rings. The SMILES string of the molecule is C=C(CC(=O)OCC)P1(=O)N(c2ccccc2)CCN1c1ccccc1.CCN(CC)CC.CCOC(=O)/C=C(\C)P1(=O)N(c2ccccc2)CCN1c1ccccc1. The van der Waals surface area contributed by atoms with Gasteiger partial charge in [-0.3, -0.25) is 13.9 Å². The van der Waals surface area contributed by atoms with E-state index < -0.39 is 26.8 Å². The molecule has 2 aliphatic rings. The third kappa shape index (κ3) is 11.6. The third-order valence-electron chi connectivity index (χ3n) is 10.1. The number of allylic oxidation sites excluding steroid dienone is 1. The molecule has 0 saturated carbocycles. The summed E-state index contributed by atoms with van der Waals surface area (Å²) in [6, 6.07) is 38.6. The summed E-state index contributed by atoms with van der Waals surface area (Å²) in [5.74, 6) is -0.867. The summed E-state index contributed by atoms with van der Waals surface area (Å²) >= 11 is 0. The summed E-state index contributed by atoms with van der Waals surface area (Å²) in [4.78, 5) is 26.4. The first kappa shape index (κ1) is 46.6. The molecule has 0 aromatic heterocycles. The molecule has 2 heterocycles.